The van der Waals surface area contributed by atoms with Gasteiger partial charge in [0.25, 0.3) is 0 Å². The van der Waals surface area contributed by atoms with Crippen LogP contribution in [-0.4, -0.2) is 32.7 Å². The number of hydrogen-bond donors (Lipinski definition) is 1. The van der Waals surface area contributed by atoms with E-state index in [1.165, 1.54) is 5.56 Å². The number of anilines is 1. The van der Waals surface area contributed by atoms with E-state index in [4.69, 9.17) is 10.5 Å². The van der Waals surface area contributed by atoms with Gasteiger partial charge in [-0.05, 0) is 23.6 Å². The first-order chi connectivity index (χ1) is 8.63. The molecule has 1 aromatic rings. The van der Waals surface area contributed by atoms with Crippen molar-refractivity contribution >= 4 is 11.6 Å². The van der Waals surface area contributed by atoms with Gasteiger partial charge in [-0.2, -0.15) is 0 Å². The van der Waals surface area contributed by atoms with Crippen LogP contribution >= 0.6 is 0 Å². The van der Waals surface area contributed by atoms with Crippen molar-refractivity contribution in [3.63, 3.8) is 0 Å². The van der Waals surface area contributed by atoms with Crippen LogP contribution in [0.2, 0.25) is 0 Å². The molecular weight excluding hydrogens is 228 g/mol. The third-order valence-electron chi connectivity index (χ3n) is 4.05. The van der Waals surface area contributed by atoms with E-state index >= 15 is 0 Å². The minimum atomic E-state index is 0.114. The molecule has 1 aromatic carbocycles. The second kappa shape index (κ2) is 4.07. The predicted molar refractivity (Wildman–Crippen MR) is 69.6 cm³/mol. The van der Waals surface area contributed by atoms with Gasteiger partial charge in [-0.3, -0.25) is 4.79 Å². The molecule has 0 bridgehead atoms. The van der Waals surface area contributed by atoms with Crippen LogP contribution in [0.5, 0.6) is 0 Å². The monoisotopic (exact) mass is 246 g/mol. The van der Waals surface area contributed by atoms with Gasteiger partial charge < -0.3 is 15.4 Å². The molecule has 4 nitrogen and oxygen atoms in total. The largest absolute Gasteiger partial charge is 0.380 e. The molecule has 0 radical (unpaired) electrons. The lowest BCUT2D eigenvalue weighted by atomic mass is 9.79. The topological polar surface area (TPSA) is 55.6 Å². The maximum absolute atomic E-state index is 11.6. The molecule has 0 aliphatic carbocycles. The van der Waals surface area contributed by atoms with E-state index in [-0.39, 0.29) is 11.3 Å². The van der Waals surface area contributed by atoms with Crippen LogP contribution in [0, 0.1) is 5.41 Å². The number of benzene rings is 1. The van der Waals surface area contributed by atoms with E-state index in [0.29, 0.717) is 13.0 Å². The maximum atomic E-state index is 11.6. The van der Waals surface area contributed by atoms with Gasteiger partial charge in [0.1, 0.15) is 0 Å². The van der Waals surface area contributed by atoms with E-state index in [0.717, 1.165) is 30.9 Å². The molecule has 0 aromatic heterocycles. The quantitative estimate of drug-likeness (QED) is 0.855. The predicted octanol–water partition coefficient (Wildman–Crippen LogP) is 0.723. The van der Waals surface area contributed by atoms with E-state index in [9.17, 15) is 4.79 Å². The van der Waals surface area contributed by atoms with Crippen LogP contribution in [0.3, 0.4) is 0 Å². The van der Waals surface area contributed by atoms with Crippen molar-refractivity contribution in [3.8, 4) is 0 Å². The van der Waals surface area contributed by atoms with Gasteiger partial charge >= 0.3 is 0 Å². The van der Waals surface area contributed by atoms with Gasteiger partial charge in [-0.1, -0.05) is 12.1 Å². The smallest absolute Gasteiger partial charge is 0.231 e. The molecule has 4 heteroatoms. The second-order valence-electron chi connectivity index (χ2n) is 5.47. The Bertz CT molecular complexity index is 489. The van der Waals surface area contributed by atoms with Gasteiger partial charge in [0.05, 0.1) is 19.6 Å². The zero-order chi connectivity index (χ0) is 12.8. The van der Waals surface area contributed by atoms with Crippen LogP contribution in [0.25, 0.3) is 0 Å². The van der Waals surface area contributed by atoms with Gasteiger partial charge in [0.2, 0.25) is 5.91 Å². The molecule has 0 saturated carbocycles. The molecule has 2 heterocycles. The number of likely N-dealkylation sites (N-methyl/N-ethyl adjacent to an activating group) is 1. The molecular formula is C14H18N2O2. The molecule has 2 N–H and O–H groups in total. The number of ether oxygens (including phenoxy) is 1. The molecule has 1 amide bonds. The Labute approximate surface area is 107 Å². The average Bonchev–Trinajstić information content (AvgIpc) is 2.60. The Hall–Kier alpha value is -1.39. The summed E-state index contributed by atoms with van der Waals surface area (Å²) in [4.78, 5) is 13.4. The molecule has 0 atom stereocenters. The van der Waals surface area contributed by atoms with E-state index < -0.39 is 0 Å². The van der Waals surface area contributed by atoms with Crippen LogP contribution in [0.15, 0.2) is 18.2 Å². The number of fused-ring (bicyclic) bond motifs is 1. The number of nitrogens with zero attached hydrogens (tertiary/aromatic N) is 1. The number of amides is 1. The van der Waals surface area contributed by atoms with E-state index in [2.05, 4.69) is 12.1 Å². The minimum Gasteiger partial charge on any atom is -0.380 e. The van der Waals surface area contributed by atoms with Gasteiger partial charge in [0.15, 0.2) is 0 Å². The second-order valence-corrected chi connectivity index (χ2v) is 5.47. The molecule has 96 valence electrons. The summed E-state index contributed by atoms with van der Waals surface area (Å²) in [6.07, 6.45) is 1.46. The Morgan fingerprint density at radius 1 is 1.44 bits per heavy atom. The van der Waals surface area contributed by atoms with Crippen LogP contribution < -0.4 is 10.6 Å². The first kappa shape index (κ1) is 11.7. The highest BCUT2D eigenvalue weighted by atomic mass is 16.5. The lowest BCUT2D eigenvalue weighted by Gasteiger charge is -2.40. The normalized spacial score (nSPS) is 20.8. The lowest BCUT2D eigenvalue weighted by molar-refractivity contribution is -0.117. The molecule has 2 aliphatic rings. The molecule has 1 saturated heterocycles. The third-order valence-corrected chi connectivity index (χ3v) is 4.05. The highest BCUT2D eigenvalue weighted by Crippen LogP contribution is 2.34. The lowest BCUT2D eigenvalue weighted by Crippen LogP contribution is -2.49. The van der Waals surface area contributed by atoms with Crippen LogP contribution in [-0.2, 0) is 22.4 Å². The Morgan fingerprint density at radius 3 is 2.83 bits per heavy atom. The van der Waals surface area contributed by atoms with Crippen molar-refractivity contribution in [2.45, 2.75) is 12.8 Å². The van der Waals surface area contributed by atoms with Crippen molar-refractivity contribution in [1.29, 1.82) is 0 Å². The van der Waals surface area contributed by atoms with Crippen LogP contribution in [0.1, 0.15) is 11.1 Å². The highest BCUT2D eigenvalue weighted by Gasteiger charge is 2.37. The molecule has 0 unspecified atom stereocenters. The summed E-state index contributed by atoms with van der Waals surface area (Å²) >= 11 is 0. The standard InChI is InChI=1S/C14H18N2O2/c1-16-12-3-2-10(4-11(12)5-13(16)17)6-14(7-15)8-18-9-14/h2-4H,5-9,15H2,1H3. The molecule has 3 rings (SSSR count). The summed E-state index contributed by atoms with van der Waals surface area (Å²) in [7, 11) is 1.83. The third kappa shape index (κ3) is 1.72. The number of carbonyl (C=O) groups is 1. The fourth-order valence-electron chi connectivity index (χ4n) is 2.75. The number of nitrogens with two attached hydrogens (primary N) is 1. The molecule has 0 spiro atoms. The van der Waals surface area contributed by atoms with Crippen molar-refractivity contribution in [3.05, 3.63) is 29.3 Å². The SMILES string of the molecule is CN1C(=O)Cc2cc(CC3(CN)COC3)ccc21. The van der Waals surface area contributed by atoms with Crippen molar-refractivity contribution in [2.24, 2.45) is 11.1 Å². The number of hydrogen-bond acceptors (Lipinski definition) is 3. The molecule has 18 heavy (non-hydrogen) atoms. The van der Waals surface area contributed by atoms with Crippen molar-refractivity contribution < 1.29 is 9.53 Å². The summed E-state index contributed by atoms with van der Waals surface area (Å²) < 4.78 is 5.29. The van der Waals surface area contributed by atoms with Crippen molar-refractivity contribution in [2.75, 3.05) is 31.7 Å². The highest BCUT2D eigenvalue weighted by molar-refractivity contribution is 6.00. The summed E-state index contributed by atoms with van der Waals surface area (Å²) in [5, 5.41) is 0. The zero-order valence-corrected chi connectivity index (χ0v) is 10.6. The number of carbonyl (C=O) groups excluding carboxylic acids is 1. The van der Waals surface area contributed by atoms with Gasteiger partial charge in [-0.25, -0.2) is 0 Å². The van der Waals surface area contributed by atoms with Gasteiger partial charge in [-0.15, -0.1) is 0 Å². The summed E-state index contributed by atoms with van der Waals surface area (Å²) in [6, 6.07) is 6.29. The maximum Gasteiger partial charge on any atom is 0.231 e. The van der Waals surface area contributed by atoms with Crippen molar-refractivity contribution in [1.82, 2.24) is 0 Å². The molecule has 1 fully saturated rings. The van der Waals surface area contributed by atoms with Gasteiger partial charge in [0, 0.05) is 24.7 Å². The fourth-order valence-corrected chi connectivity index (χ4v) is 2.75. The van der Waals surface area contributed by atoms with E-state index in [1.54, 1.807) is 4.90 Å². The van der Waals surface area contributed by atoms with E-state index in [1.807, 2.05) is 13.1 Å². The Balaban J connectivity index is 1.84. The summed E-state index contributed by atoms with van der Waals surface area (Å²) in [6.45, 7) is 2.15. The van der Waals surface area contributed by atoms with Crippen LogP contribution in [0.4, 0.5) is 5.69 Å². The summed E-state index contributed by atoms with van der Waals surface area (Å²) in [5.41, 5.74) is 9.37. The first-order valence-electron chi connectivity index (χ1n) is 6.30. The first-order valence-corrected chi connectivity index (χ1v) is 6.30. The Morgan fingerprint density at radius 2 is 2.22 bits per heavy atom. The zero-order valence-electron chi connectivity index (χ0n) is 10.6. The average molecular weight is 246 g/mol. The number of rotatable bonds is 3. The fraction of sp³-hybridized carbons (Fsp3) is 0.500. The Kier molecular flexibility index (Phi) is 2.64. The summed E-state index contributed by atoms with van der Waals surface area (Å²) in [5.74, 6) is 0.169. The molecule has 2 aliphatic heterocycles. The minimum absolute atomic E-state index is 0.114.